The van der Waals surface area contributed by atoms with Crippen LogP contribution in [0.5, 0.6) is 5.75 Å². The molecular formula is C30H62Cl3N3O3. The van der Waals surface area contributed by atoms with Gasteiger partial charge in [0.15, 0.2) is 5.75 Å². The average molecular weight is 619 g/mol. The molecule has 0 aliphatic heterocycles. The first-order valence-corrected chi connectivity index (χ1v) is 14.7. The van der Waals surface area contributed by atoms with E-state index in [1.54, 1.807) is 6.07 Å². The molecule has 0 saturated heterocycles. The van der Waals surface area contributed by atoms with Crippen LogP contribution in [0.1, 0.15) is 122 Å². The molecule has 1 heterocycles. The van der Waals surface area contributed by atoms with Gasteiger partial charge in [-0.25, -0.2) is 0 Å². The molecule has 9 heteroatoms. The second kappa shape index (κ2) is 32.0. The highest BCUT2D eigenvalue weighted by Crippen LogP contribution is 2.14. The number of pyridine rings is 1. The normalized spacial score (nSPS) is 10.3. The van der Waals surface area contributed by atoms with E-state index in [0.29, 0.717) is 18.9 Å². The molecule has 0 saturated carbocycles. The molecule has 0 aliphatic rings. The van der Waals surface area contributed by atoms with Crippen molar-refractivity contribution in [3.8, 4) is 5.75 Å². The van der Waals surface area contributed by atoms with Gasteiger partial charge in [-0.15, -0.1) is 37.2 Å². The second-order valence-corrected chi connectivity index (χ2v) is 10.6. The van der Waals surface area contributed by atoms with E-state index in [2.05, 4.69) is 31.2 Å². The van der Waals surface area contributed by atoms with Crippen LogP contribution in [0.15, 0.2) is 17.1 Å². The van der Waals surface area contributed by atoms with Crippen molar-refractivity contribution in [3.63, 3.8) is 0 Å². The second-order valence-electron chi connectivity index (χ2n) is 10.6. The van der Waals surface area contributed by atoms with Crippen molar-refractivity contribution < 1.29 is 10.2 Å². The van der Waals surface area contributed by atoms with Crippen molar-refractivity contribution >= 4 is 37.2 Å². The van der Waals surface area contributed by atoms with Gasteiger partial charge >= 0.3 is 0 Å². The van der Waals surface area contributed by atoms with E-state index >= 15 is 0 Å². The molecule has 0 bridgehead atoms. The maximum Gasteiger partial charge on any atom is 0.223 e. The van der Waals surface area contributed by atoms with Gasteiger partial charge in [-0.1, -0.05) is 103 Å². The average Bonchev–Trinajstić information content (AvgIpc) is 2.83. The van der Waals surface area contributed by atoms with Gasteiger partial charge in [-0.2, -0.15) is 0 Å². The van der Waals surface area contributed by atoms with Crippen molar-refractivity contribution in [2.75, 3.05) is 33.8 Å². The molecule has 1 rings (SSSR count). The Labute approximate surface area is 259 Å². The van der Waals surface area contributed by atoms with Gasteiger partial charge < -0.3 is 25.0 Å². The van der Waals surface area contributed by atoms with Gasteiger partial charge in [0.25, 0.3) is 0 Å². The number of rotatable bonds is 24. The third-order valence-corrected chi connectivity index (χ3v) is 6.82. The third-order valence-electron chi connectivity index (χ3n) is 6.82. The summed E-state index contributed by atoms with van der Waals surface area (Å²) in [4.78, 5) is 14.6. The summed E-state index contributed by atoms with van der Waals surface area (Å²) in [5.41, 5.74) is 0.985. The van der Waals surface area contributed by atoms with Crippen LogP contribution in [-0.2, 0) is 13.6 Å². The summed E-state index contributed by atoms with van der Waals surface area (Å²) in [5.74, 6) is 0.477. The molecule has 0 spiro atoms. The van der Waals surface area contributed by atoms with Gasteiger partial charge in [-0.05, 0) is 40.0 Å². The molecule has 1 aromatic rings. The van der Waals surface area contributed by atoms with E-state index in [0.717, 1.165) is 31.6 Å². The number of hydrogen-bond acceptors (Lipinski definition) is 4. The van der Waals surface area contributed by atoms with E-state index in [-0.39, 0.29) is 48.1 Å². The quantitative estimate of drug-likeness (QED) is 0.122. The first kappa shape index (κ1) is 45.5. The number of hydrogen-bond donors (Lipinski definition) is 1. The lowest BCUT2D eigenvalue weighted by Crippen LogP contribution is -2.23. The fourth-order valence-corrected chi connectivity index (χ4v) is 4.50. The van der Waals surface area contributed by atoms with Gasteiger partial charge in [0.05, 0.1) is 12.8 Å². The molecule has 39 heavy (non-hydrogen) atoms. The molecule has 0 atom stereocenters. The Balaban J connectivity index is -0.00000153. The predicted octanol–water partition coefficient (Wildman–Crippen LogP) is 7.51. The van der Waals surface area contributed by atoms with Gasteiger partial charge in [0.1, 0.15) is 0 Å². The SMILES string of the molecule is CCCCCCCCCCCCCCCCCCOc1cn(C)c(CNCCCN(C)C)cc1=O.Cl.Cl.Cl.O. The monoisotopic (exact) mass is 617 g/mol. The summed E-state index contributed by atoms with van der Waals surface area (Å²) < 4.78 is 7.81. The van der Waals surface area contributed by atoms with Gasteiger partial charge in [-0.3, -0.25) is 4.79 Å². The minimum atomic E-state index is -0.00955. The van der Waals surface area contributed by atoms with Crippen LogP contribution >= 0.6 is 37.2 Å². The number of halogens is 3. The zero-order chi connectivity index (χ0) is 25.6. The van der Waals surface area contributed by atoms with E-state index in [9.17, 15) is 4.79 Å². The van der Waals surface area contributed by atoms with Crippen LogP contribution in [0.4, 0.5) is 0 Å². The number of unbranched alkanes of at least 4 members (excludes halogenated alkanes) is 15. The summed E-state index contributed by atoms with van der Waals surface area (Å²) in [7, 11) is 6.16. The van der Waals surface area contributed by atoms with Crippen molar-refractivity contribution in [1.82, 2.24) is 14.8 Å². The lowest BCUT2D eigenvalue weighted by atomic mass is 10.0. The van der Waals surface area contributed by atoms with Crippen molar-refractivity contribution in [1.29, 1.82) is 0 Å². The van der Waals surface area contributed by atoms with Crippen molar-refractivity contribution in [2.45, 2.75) is 123 Å². The summed E-state index contributed by atoms with van der Waals surface area (Å²) in [5, 5.41) is 3.42. The van der Waals surface area contributed by atoms with Gasteiger partial charge in [0.2, 0.25) is 5.43 Å². The minimum Gasteiger partial charge on any atom is -0.488 e. The molecule has 0 aliphatic carbocycles. The van der Waals surface area contributed by atoms with Crippen LogP contribution in [0, 0.1) is 0 Å². The van der Waals surface area contributed by atoms with Crippen LogP contribution in [0.3, 0.4) is 0 Å². The molecule has 6 nitrogen and oxygen atoms in total. The molecular weight excluding hydrogens is 557 g/mol. The molecule has 0 amide bonds. The first-order chi connectivity index (χ1) is 17.0. The largest absolute Gasteiger partial charge is 0.488 e. The molecule has 236 valence electrons. The Morgan fingerprint density at radius 3 is 1.69 bits per heavy atom. The first-order valence-electron chi connectivity index (χ1n) is 14.7. The standard InChI is InChI=1S/C30H57N3O2.3ClH.H2O/c1-5-6-7-8-9-10-11-12-13-14-15-16-17-18-19-20-24-35-30-27-33(4)28(25-29(30)34)26-31-22-21-23-32(2)3;;;;/h25,27,31H,5-24,26H2,1-4H3;3*1H;1H2. The Morgan fingerprint density at radius 1 is 0.769 bits per heavy atom. The predicted molar refractivity (Wildman–Crippen MR) is 177 cm³/mol. The molecule has 3 N–H and O–H groups in total. The van der Waals surface area contributed by atoms with E-state index in [1.807, 2.05) is 17.8 Å². The number of aryl methyl sites for hydroxylation is 1. The summed E-state index contributed by atoms with van der Waals surface area (Å²) in [6, 6.07) is 1.71. The Kier molecular flexibility index (Phi) is 37.3. The fourth-order valence-electron chi connectivity index (χ4n) is 4.50. The molecule has 0 fully saturated rings. The Morgan fingerprint density at radius 2 is 1.23 bits per heavy atom. The third kappa shape index (κ3) is 26.2. The van der Waals surface area contributed by atoms with Crippen molar-refractivity contribution in [2.24, 2.45) is 7.05 Å². The lowest BCUT2D eigenvalue weighted by Gasteiger charge is -2.13. The zero-order valence-corrected chi connectivity index (χ0v) is 27.9. The number of nitrogens with one attached hydrogen (secondary N) is 1. The minimum absolute atomic E-state index is 0. The highest BCUT2D eigenvalue weighted by atomic mass is 35.5. The zero-order valence-electron chi connectivity index (χ0n) is 25.4. The summed E-state index contributed by atoms with van der Waals surface area (Å²) in [6.07, 6.45) is 24.7. The maximum absolute atomic E-state index is 12.4. The molecule has 1 aromatic heterocycles. The topological polar surface area (TPSA) is 78.0 Å². The number of aromatic nitrogens is 1. The highest BCUT2D eigenvalue weighted by molar-refractivity contribution is 5.86. The van der Waals surface area contributed by atoms with Crippen LogP contribution in [0.2, 0.25) is 0 Å². The molecule has 0 radical (unpaired) electrons. The van der Waals surface area contributed by atoms with Crippen molar-refractivity contribution in [3.05, 3.63) is 28.2 Å². The van der Waals surface area contributed by atoms with E-state index in [1.165, 1.54) is 96.3 Å². The Hall–Kier alpha value is -0.500. The van der Waals surface area contributed by atoms with Crippen LogP contribution < -0.4 is 15.5 Å². The number of nitrogens with zero attached hydrogens (tertiary/aromatic N) is 2. The van der Waals surface area contributed by atoms with E-state index in [4.69, 9.17) is 4.74 Å². The smallest absolute Gasteiger partial charge is 0.223 e. The lowest BCUT2D eigenvalue weighted by molar-refractivity contribution is 0.299. The maximum atomic E-state index is 12.4. The summed E-state index contributed by atoms with van der Waals surface area (Å²) in [6.45, 7) is 5.64. The molecule has 0 unspecified atom stereocenters. The summed E-state index contributed by atoms with van der Waals surface area (Å²) >= 11 is 0. The van der Waals surface area contributed by atoms with E-state index < -0.39 is 0 Å². The molecule has 0 aromatic carbocycles. The van der Waals surface area contributed by atoms with Crippen LogP contribution in [0.25, 0.3) is 0 Å². The Bertz CT molecular complexity index is 691. The van der Waals surface area contributed by atoms with Gasteiger partial charge in [0, 0.05) is 25.4 Å². The number of ether oxygens (including phenoxy) is 1. The fraction of sp³-hybridized carbons (Fsp3) is 0.833. The van der Waals surface area contributed by atoms with Crippen LogP contribution in [-0.4, -0.2) is 48.7 Å². The highest BCUT2D eigenvalue weighted by Gasteiger charge is 2.06.